The molecule has 1 aromatic heterocycles. The van der Waals surface area contributed by atoms with Gasteiger partial charge in [-0.1, -0.05) is 19.3 Å². The molecule has 1 saturated carbocycles. The van der Waals surface area contributed by atoms with Crippen LogP contribution in [-0.4, -0.2) is 28.7 Å². The third-order valence-corrected chi connectivity index (χ3v) is 3.81. The Morgan fingerprint density at radius 1 is 1.41 bits per heavy atom. The van der Waals surface area contributed by atoms with Gasteiger partial charge < -0.3 is 16.8 Å². The van der Waals surface area contributed by atoms with Crippen LogP contribution < -0.4 is 16.8 Å². The number of H-pyrrole nitrogens is 1. The first-order valence-corrected chi connectivity index (χ1v) is 7.50. The van der Waals surface area contributed by atoms with Crippen molar-refractivity contribution in [2.45, 2.75) is 51.0 Å². The summed E-state index contributed by atoms with van der Waals surface area (Å²) in [5.74, 6) is 0.779. The summed E-state index contributed by atoms with van der Waals surface area (Å²) in [5, 5.41) is 18.9. The molecule has 6 N–H and O–H groups in total. The fourth-order valence-electron chi connectivity index (χ4n) is 2.66. The van der Waals surface area contributed by atoms with E-state index < -0.39 is 0 Å². The fraction of sp³-hybridized carbons (Fsp3) is 0.643. The molecule has 0 amide bonds. The largest absolute Gasteiger partial charge is 0.381 e. The Bertz CT molecular complexity index is 526. The lowest BCUT2D eigenvalue weighted by atomic mass is 9.96. The van der Waals surface area contributed by atoms with E-state index in [0.29, 0.717) is 30.5 Å². The quantitative estimate of drug-likeness (QED) is 0.251. The number of nitrogen functional groups attached to an aromatic ring is 1. The van der Waals surface area contributed by atoms with Gasteiger partial charge in [0, 0.05) is 12.6 Å². The molecule has 0 saturated heterocycles. The van der Waals surface area contributed by atoms with E-state index in [9.17, 15) is 0 Å². The van der Waals surface area contributed by atoms with Gasteiger partial charge in [-0.15, -0.1) is 24.0 Å². The van der Waals surface area contributed by atoms with Gasteiger partial charge >= 0.3 is 0 Å². The Morgan fingerprint density at radius 2 is 2.14 bits per heavy atom. The number of anilines is 1. The highest BCUT2D eigenvalue weighted by molar-refractivity contribution is 14.0. The predicted octanol–water partition coefficient (Wildman–Crippen LogP) is 1.65. The van der Waals surface area contributed by atoms with Crippen molar-refractivity contribution < 1.29 is 0 Å². The minimum absolute atomic E-state index is 0. The molecule has 0 bridgehead atoms. The van der Waals surface area contributed by atoms with Gasteiger partial charge in [0.15, 0.2) is 11.8 Å². The lowest BCUT2D eigenvalue weighted by molar-refractivity contribution is 0.412. The average Bonchev–Trinajstić information content (AvgIpc) is 2.85. The zero-order valence-electron chi connectivity index (χ0n) is 12.6. The predicted molar refractivity (Wildman–Crippen MR) is 97.9 cm³/mol. The number of aliphatic imine (C=N–C) groups is 1. The van der Waals surface area contributed by atoms with Gasteiger partial charge in [-0.25, -0.2) is 0 Å². The molecule has 0 aromatic carbocycles. The maximum absolute atomic E-state index is 8.97. The first-order valence-electron chi connectivity index (χ1n) is 7.50. The van der Waals surface area contributed by atoms with E-state index >= 15 is 0 Å². The number of nitrogens with one attached hydrogen (secondary N) is 2. The molecule has 122 valence electrons. The molecular weight excluding hydrogens is 393 g/mol. The summed E-state index contributed by atoms with van der Waals surface area (Å²) >= 11 is 0. The first-order chi connectivity index (χ1) is 10.2. The lowest BCUT2D eigenvalue weighted by Crippen LogP contribution is -2.41. The number of aromatic amines is 1. The van der Waals surface area contributed by atoms with E-state index in [2.05, 4.69) is 26.6 Å². The highest BCUT2D eigenvalue weighted by Gasteiger charge is 2.13. The summed E-state index contributed by atoms with van der Waals surface area (Å²) in [4.78, 5) is 4.33. The van der Waals surface area contributed by atoms with Crippen LogP contribution in [0.1, 0.15) is 49.8 Å². The standard InChI is InChI=1S/C14H23N7.HI/c15-9-11-12(20-21-13(11)16)7-4-8-18-14(17)19-10-5-2-1-3-6-10;/h10H,1-8H2,(H3,16,20,21)(H3,17,18,19);1H. The minimum atomic E-state index is 0. The van der Waals surface area contributed by atoms with Crippen molar-refractivity contribution >= 4 is 35.8 Å². The van der Waals surface area contributed by atoms with Crippen LogP contribution in [0.4, 0.5) is 5.82 Å². The van der Waals surface area contributed by atoms with Gasteiger partial charge in [-0.05, 0) is 25.7 Å². The molecule has 0 spiro atoms. The maximum Gasteiger partial charge on any atom is 0.188 e. The Hall–Kier alpha value is -1.50. The lowest BCUT2D eigenvalue weighted by Gasteiger charge is -2.23. The average molecular weight is 417 g/mol. The molecular formula is C14H24IN7. The minimum Gasteiger partial charge on any atom is -0.381 e. The van der Waals surface area contributed by atoms with Gasteiger partial charge in [-0.2, -0.15) is 10.4 Å². The Kier molecular flexibility index (Phi) is 8.01. The number of aromatic nitrogens is 2. The Morgan fingerprint density at radius 3 is 2.82 bits per heavy atom. The third kappa shape index (κ3) is 5.36. The molecule has 1 aliphatic carbocycles. The van der Waals surface area contributed by atoms with E-state index in [1.165, 1.54) is 32.1 Å². The number of hydrogen-bond acceptors (Lipinski definition) is 4. The van der Waals surface area contributed by atoms with Crippen LogP contribution in [0.5, 0.6) is 0 Å². The van der Waals surface area contributed by atoms with Crippen LogP contribution in [0.25, 0.3) is 0 Å². The zero-order valence-corrected chi connectivity index (χ0v) is 15.0. The van der Waals surface area contributed by atoms with E-state index in [4.69, 9.17) is 16.7 Å². The smallest absolute Gasteiger partial charge is 0.188 e. The second-order valence-corrected chi connectivity index (χ2v) is 5.42. The second kappa shape index (κ2) is 9.50. The van der Waals surface area contributed by atoms with Crippen LogP contribution in [0.3, 0.4) is 0 Å². The highest BCUT2D eigenvalue weighted by atomic mass is 127. The van der Waals surface area contributed by atoms with Gasteiger partial charge in [0.2, 0.25) is 0 Å². The fourth-order valence-corrected chi connectivity index (χ4v) is 2.66. The SMILES string of the molecule is I.N#Cc1c(N)n[nH]c1CCCN=C(N)NC1CCCCC1. The summed E-state index contributed by atoms with van der Waals surface area (Å²) < 4.78 is 0. The Balaban J connectivity index is 0.00000242. The zero-order chi connectivity index (χ0) is 15.1. The number of hydrogen-bond donors (Lipinski definition) is 4. The molecule has 1 aromatic rings. The molecule has 2 rings (SSSR count). The van der Waals surface area contributed by atoms with Crippen LogP contribution in [0, 0.1) is 11.3 Å². The van der Waals surface area contributed by atoms with Crippen molar-refractivity contribution in [1.82, 2.24) is 15.5 Å². The van der Waals surface area contributed by atoms with Crippen molar-refractivity contribution in [2.75, 3.05) is 12.3 Å². The molecule has 0 aliphatic heterocycles. The van der Waals surface area contributed by atoms with Crippen molar-refractivity contribution in [3.05, 3.63) is 11.3 Å². The summed E-state index contributed by atoms with van der Waals surface area (Å²) in [7, 11) is 0. The number of nitrogens with zero attached hydrogens (tertiary/aromatic N) is 3. The van der Waals surface area contributed by atoms with Crippen molar-refractivity contribution in [3.8, 4) is 6.07 Å². The summed E-state index contributed by atoms with van der Waals surface area (Å²) in [6, 6.07) is 2.53. The molecule has 1 heterocycles. The maximum atomic E-state index is 8.97. The summed E-state index contributed by atoms with van der Waals surface area (Å²) in [5.41, 5.74) is 12.7. The molecule has 1 aliphatic rings. The molecule has 0 radical (unpaired) electrons. The van der Waals surface area contributed by atoms with Gasteiger partial charge in [0.05, 0.1) is 5.69 Å². The van der Waals surface area contributed by atoms with Crippen LogP contribution >= 0.6 is 24.0 Å². The van der Waals surface area contributed by atoms with Crippen molar-refractivity contribution in [3.63, 3.8) is 0 Å². The number of aryl methyl sites for hydroxylation is 1. The highest BCUT2D eigenvalue weighted by Crippen LogP contribution is 2.17. The number of guanidine groups is 1. The van der Waals surface area contributed by atoms with E-state index in [1.807, 2.05) is 0 Å². The molecule has 0 unspecified atom stereocenters. The molecule has 7 nitrogen and oxygen atoms in total. The molecule has 8 heteroatoms. The van der Waals surface area contributed by atoms with E-state index in [1.54, 1.807) is 0 Å². The van der Waals surface area contributed by atoms with Crippen molar-refractivity contribution in [2.24, 2.45) is 10.7 Å². The third-order valence-electron chi connectivity index (χ3n) is 3.81. The summed E-state index contributed by atoms with van der Waals surface area (Å²) in [6.07, 6.45) is 7.69. The number of halogens is 1. The van der Waals surface area contributed by atoms with Gasteiger partial charge in [0.1, 0.15) is 11.6 Å². The Labute approximate surface area is 147 Å². The molecule has 0 atom stereocenters. The van der Waals surface area contributed by atoms with E-state index in [-0.39, 0.29) is 29.8 Å². The second-order valence-electron chi connectivity index (χ2n) is 5.42. The van der Waals surface area contributed by atoms with Gasteiger partial charge in [-0.3, -0.25) is 10.1 Å². The summed E-state index contributed by atoms with van der Waals surface area (Å²) in [6.45, 7) is 0.620. The van der Waals surface area contributed by atoms with Crippen LogP contribution in [-0.2, 0) is 6.42 Å². The monoisotopic (exact) mass is 417 g/mol. The molecule has 22 heavy (non-hydrogen) atoms. The number of nitriles is 1. The number of rotatable bonds is 5. The first kappa shape index (κ1) is 18.5. The topological polar surface area (TPSA) is 129 Å². The van der Waals surface area contributed by atoms with Crippen molar-refractivity contribution in [1.29, 1.82) is 5.26 Å². The van der Waals surface area contributed by atoms with Crippen LogP contribution in [0.2, 0.25) is 0 Å². The number of nitrogens with two attached hydrogens (primary N) is 2. The normalized spacial score (nSPS) is 15.9. The van der Waals surface area contributed by atoms with E-state index in [0.717, 1.165) is 12.1 Å². The van der Waals surface area contributed by atoms with Crippen LogP contribution in [0.15, 0.2) is 4.99 Å². The molecule has 1 fully saturated rings. The van der Waals surface area contributed by atoms with Gasteiger partial charge in [0.25, 0.3) is 0 Å².